The van der Waals surface area contributed by atoms with Gasteiger partial charge in [0.05, 0.1) is 0 Å². The van der Waals surface area contributed by atoms with Crippen LogP contribution in [0, 0.1) is 11.3 Å². The average Bonchev–Trinajstić information content (AvgIpc) is 2.01. The molecular weight excluding hydrogens is 238 g/mol. The van der Waals surface area contributed by atoms with E-state index in [4.69, 9.17) is 5.26 Å². The van der Waals surface area contributed by atoms with E-state index in [9.17, 15) is 35.1 Å². The van der Waals surface area contributed by atoms with Crippen LogP contribution >= 0.6 is 0 Å². The molecule has 0 radical (unpaired) electrons. The summed E-state index contributed by atoms with van der Waals surface area (Å²) in [6.45, 7) is -0.752. The van der Waals surface area contributed by atoms with E-state index in [1.165, 1.54) is 0 Å². The lowest BCUT2D eigenvalue weighted by molar-refractivity contribution is -0.335. The molecule has 0 aliphatic heterocycles. The molecular formula is C6H3F8N. The Hall–Kier alpha value is -1.07. The van der Waals surface area contributed by atoms with Gasteiger partial charge in [0.1, 0.15) is 6.07 Å². The molecule has 0 fully saturated rings. The van der Waals surface area contributed by atoms with Crippen LogP contribution in [0.1, 0.15) is 6.92 Å². The van der Waals surface area contributed by atoms with Crippen LogP contribution < -0.4 is 0 Å². The third-order valence-corrected chi connectivity index (χ3v) is 1.66. The SMILES string of the molecule is CC(F)(C(F)(F)F)C(F)(F)C(F)(F)C#N. The van der Waals surface area contributed by atoms with Crippen molar-refractivity contribution in [3.8, 4) is 6.07 Å². The Balaban J connectivity index is 5.51. The lowest BCUT2D eigenvalue weighted by Gasteiger charge is -2.33. The number of alkyl halides is 8. The quantitative estimate of drug-likeness (QED) is 0.681. The zero-order valence-electron chi connectivity index (χ0n) is 6.97. The molecule has 0 spiro atoms. The van der Waals surface area contributed by atoms with Gasteiger partial charge in [-0.2, -0.15) is 36.0 Å². The molecule has 9 heteroatoms. The van der Waals surface area contributed by atoms with Crippen molar-refractivity contribution < 1.29 is 35.1 Å². The van der Waals surface area contributed by atoms with Crippen LogP contribution in [-0.4, -0.2) is 23.7 Å². The Morgan fingerprint density at radius 2 is 1.20 bits per heavy atom. The highest BCUT2D eigenvalue weighted by Crippen LogP contribution is 2.51. The highest BCUT2D eigenvalue weighted by molar-refractivity contribution is 5.12. The third-order valence-electron chi connectivity index (χ3n) is 1.66. The zero-order chi connectivity index (χ0) is 12.7. The van der Waals surface area contributed by atoms with Crippen LogP contribution in [0.25, 0.3) is 0 Å². The van der Waals surface area contributed by atoms with Crippen molar-refractivity contribution in [3.63, 3.8) is 0 Å². The molecule has 15 heavy (non-hydrogen) atoms. The van der Waals surface area contributed by atoms with Gasteiger partial charge in [0.25, 0.3) is 5.67 Å². The van der Waals surface area contributed by atoms with Gasteiger partial charge >= 0.3 is 18.0 Å². The van der Waals surface area contributed by atoms with Crippen molar-refractivity contribution in [3.05, 3.63) is 0 Å². The van der Waals surface area contributed by atoms with Gasteiger partial charge in [-0.15, -0.1) is 0 Å². The average molecular weight is 241 g/mol. The number of nitrogens with zero attached hydrogens (tertiary/aromatic N) is 1. The minimum atomic E-state index is -6.21. The fourth-order valence-corrected chi connectivity index (χ4v) is 0.543. The summed E-state index contributed by atoms with van der Waals surface area (Å²) in [5.41, 5.74) is -5.49. The van der Waals surface area contributed by atoms with Gasteiger partial charge < -0.3 is 0 Å². The first-order chi connectivity index (χ1) is 6.31. The Morgan fingerprint density at radius 3 is 1.40 bits per heavy atom. The topological polar surface area (TPSA) is 23.8 Å². The van der Waals surface area contributed by atoms with Crippen molar-refractivity contribution >= 4 is 0 Å². The fraction of sp³-hybridized carbons (Fsp3) is 0.833. The van der Waals surface area contributed by atoms with Gasteiger partial charge in [-0.1, -0.05) is 0 Å². The van der Waals surface area contributed by atoms with Gasteiger partial charge in [-0.25, -0.2) is 4.39 Å². The number of nitriles is 1. The van der Waals surface area contributed by atoms with Crippen LogP contribution in [0.4, 0.5) is 35.1 Å². The Labute approximate surface area is 78.3 Å². The third kappa shape index (κ3) is 1.85. The first-order valence-electron chi connectivity index (χ1n) is 3.24. The maximum Gasteiger partial charge on any atom is 0.428 e. The lowest BCUT2D eigenvalue weighted by atomic mass is 9.94. The molecule has 1 atom stereocenters. The van der Waals surface area contributed by atoms with E-state index < -0.39 is 30.6 Å². The number of hydrogen-bond acceptors (Lipinski definition) is 1. The van der Waals surface area contributed by atoms with E-state index in [1.54, 1.807) is 0 Å². The summed E-state index contributed by atoms with van der Waals surface area (Å²) in [5.74, 6) is -11.9. The Morgan fingerprint density at radius 1 is 0.867 bits per heavy atom. The van der Waals surface area contributed by atoms with Crippen molar-refractivity contribution in [2.75, 3.05) is 0 Å². The minimum Gasteiger partial charge on any atom is -0.227 e. The molecule has 0 rings (SSSR count). The molecule has 88 valence electrons. The molecule has 0 aromatic heterocycles. The van der Waals surface area contributed by atoms with Crippen molar-refractivity contribution in [1.82, 2.24) is 0 Å². The molecule has 0 N–H and O–H groups in total. The van der Waals surface area contributed by atoms with Crippen molar-refractivity contribution in [1.29, 1.82) is 5.26 Å². The second kappa shape index (κ2) is 3.21. The van der Waals surface area contributed by atoms with Gasteiger partial charge in [-0.05, 0) is 6.92 Å². The van der Waals surface area contributed by atoms with E-state index in [0.717, 1.165) is 0 Å². The van der Waals surface area contributed by atoms with Crippen LogP contribution in [-0.2, 0) is 0 Å². The molecule has 0 amide bonds. The van der Waals surface area contributed by atoms with E-state index in [1.807, 2.05) is 0 Å². The van der Waals surface area contributed by atoms with Crippen LogP contribution in [0.15, 0.2) is 0 Å². The minimum absolute atomic E-state index is 0.364. The molecule has 0 aromatic rings. The van der Waals surface area contributed by atoms with Crippen LogP contribution in [0.3, 0.4) is 0 Å². The number of rotatable bonds is 2. The Bertz CT molecular complexity index is 282. The molecule has 0 aliphatic carbocycles. The summed E-state index contributed by atoms with van der Waals surface area (Å²) in [7, 11) is 0. The maximum atomic E-state index is 12.6. The molecule has 0 aliphatic rings. The van der Waals surface area contributed by atoms with Crippen LogP contribution in [0.2, 0.25) is 0 Å². The number of halogens is 8. The second-order valence-electron chi connectivity index (χ2n) is 2.76. The van der Waals surface area contributed by atoms with E-state index in [0.29, 0.717) is 0 Å². The first-order valence-corrected chi connectivity index (χ1v) is 3.24. The smallest absolute Gasteiger partial charge is 0.227 e. The highest BCUT2D eigenvalue weighted by Gasteiger charge is 2.78. The zero-order valence-corrected chi connectivity index (χ0v) is 6.97. The summed E-state index contributed by atoms with van der Waals surface area (Å²) in [5, 5.41) is 7.54. The Kier molecular flexibility index (Phi) is 2.98. The standard InChI is InChI=1S/C6H3F8N/c1-3(7,6(12,13)14)5(10,11)4(8,9)2-15/h1H3. The van der Waals surface area contributed by atoms with Crippen molar-refractivity contribution in [2.24, 2.45) is 0 Å². The van der Waals surface area contributed by atoms with Gasteiger partial charge in [0, 0.05) is 0 Å². The van der Waals surface area contributed by atoms with Gasteiger partial charge in [0.2, 0.25) is 0 Å². The van der Waals surface area contributed by atoms with Crippen LogP contribution in [0.5, 0.6) is 0 Å². The molecule has 0 saturated carbocycles. The van der Waals surface area contributed by atoms with Gasteiger partial charge in [-0.3, -0.25) is 0 Å². The second-order valence-corrected chi connectivity index (χ2v) is 2.76. The number of hydrogen-bond donors (Lipinski definition) is 0. The van der Waals surface area contributed by atoms with Gasteiger partial charge in [0.15, 0.2) is 0 Å². The monoisotopic (exact) mass is 241 g/mol. The predicted molar refractivity (Wildman–Crippen MR) is 31.1 cm³/mol. The molecule has 0 heterocycles. The normalized spacial score (nSPS) is 18.1. The molecule has 1 nitrogen and oxygen atoms in total. The summed E-state index contributed by atoms with van der Waals surface area (Å²) < 4.78 is 96.7. The highest BCUT2D eigenvalue weighted by atomic mass is 19.4. The maximum absolute atomic E-state index is 12.6. The summed E-state index contributed by atoms with van der Waals surface area (Å²) in [6.07, 6.45) is -6.21. The van der Waals surface area contributed by atoms with E-state index in [-0.39, 0.29) is 6.07 Å². The van der Waals surface area contributed by atoms with E-state index >= 15 is 0 Å². The summed E-state index contributed by atoms with van der Waals surface area (Å²) >= 11 is 0. The molecule has 1 unspecified atom stereocenters. The first kappa shape index (κ1) is 13.9. The molecule has 0 aromatic carbocycles. The molecule has 0 saturated heterocycles. The predicted octanol–water partition coefficient (Wildman–Crippen LogP) is 3.07. The molecule has 0 bridgehead atoms. The largest absolute Gasteiger partial charge is 0.428 e. The van der Waals surface area contributed by atoms with E-state index in [2.05, 4.69) is 0 Å². The summed E-state index contributed by atoms with van der Waals surface area (Å²) in [4.78, 5) is 0. The van der Waals surface area contributed by atoms with Crippen molar-refractivity contribution in [2.45, 2.75) is 30.6 Å². The fourth-order valence-electron chi connectivity index (χ4n) is 0.543. The summed E-state index contributed by atoms with van der Waals surface area (Å²) in [6, 6.07) is -0.364. The lowest BCUT2D eigenvalue weighted by Crippen LogP contribution is -2.61.